The lowest BCUT2D eigenvalue weighted by Gasteiger charge is -2.42. The van der Waals surface area contributed by atoms with Crippen molar-refractivity contribution in [3.05, 3.63) is 21.3 Å². The van der Waals surface area contributed by atoms with Crippen molar-refractivity contribution in [2.24, 2.45) is 0 Å². The highest BCUT2D eigenvalue weighted by molar-refractivity contribution is 7.16. The standard InChI is InChI=1S/C14H22ClNO2S/c1-3-16-12(10-11-4-5-13(15)19-11)14(17-2)6-8-18-9-7-14/h4-5,12,16H,3,6-10H2,1-2H3. The van der Waals surface area contributed by atoms with E-state index in [1.165, 1.54) is 4.88 Å². The maximum absolute atomic E-state index is 6.02. The van der Waals surface area contributed by atoms with Gasteiger partial charge in [-0.25, -0.2) is 0 Å². The zero-order valence-corrected chi connectivity index (χ0v) is 13.1. The van der Waals surface area contributed by atoms with Crippen molar-refractivity contribution in [1.82, 2.24) is 5.32 Å². The molecule has 3 nitrogen and oxygen atoms in total. The lowest BCUT2D eigenvalue weighted by molar-refractivity contribution is -0.110. The molecule has 1 saturated heterocycles. The monoisotopic (exact) mass is 303 g/mol. The second-order valence-corrected chi connectivity index (χ2v) is 6.70. The first kappa shape index (κ1) is 15.3. The van der Waals surface area contributed by atoms with Gasteiger partial charge in [-0.1, -0.05) is 18.5 Å². The molecule has 1 aromatic heterocycles. The molecule has 0 aromatic carbocycles. The summed E-state index contributed by atoms with van der Waals surface area (Å²) in [7, 11) is 1.82. The molecule has 1 unspecified atom stereocenters. The van der Waals surface area contributed by atoms with Crippen LogP contribution >= 0.6 is 22.9 Å². The van der Waals surface area contributed by atoms with Gasteiger partial charge in [-0.2, -0.15) is 0 Å². The van der Waals surface area contributed by atoms with E-state index < -0.39 is 0 Å². The molecule has 2 rings (SSSR count). The number of thiophene rings is 1. The summed E-state index contributed by atoms with van der Waals surface area (Å²) in [5.74, 6) is 0. The predicted octanol–water partition coefficient (Wildman–Crippen LogP) is 3.12. The summed E-state index contributed by atoms with van der Waals surface area (Å²) >= 11 is 7.68. The maximum atomic E-state index is 6.02. The minimum atomic E-state index is -0.120. The third-order valence-corrected chi connectivity index (χ3v) is 5.12. The first-order valence-electron chi connectivity index (χ1n) is 6.80. The van der Waals surface area contributed by atoms with Gasteiger partial charge in [0.25, 0.3) is 0 Å². The molecule has 0 bridgehead atoms. The molecule has 1 aliphatic rings. The molecule has 0 radical (unpaired) electrons. The molecule has 1 N–H and O–H groups in total. The van der Waals surface area contributed by atoms with Crippen LogP contribution in [0.3, 0.4) is 0 Å². The zero-order chi connectivity index (χ0) is 13.7. The van der Waals surface area contributed by atoms with Gasteiger partial charge in [0.2, 0.25) is 0 Å². The number of hydrogen-bond acceptors (Lipinski definition) is 4. The molecule has 1 aliphatic heterocycles. The topological polar surface area (TPSA) is 30.5 Å². The van der Waals surface area contributed by atoms with Gasteiger partial charge in [0, 0.05) is 44.1 Å². The van der Waals surface area contributed by atoms with Crippen molar-refractivity contribution < 1.29 is 9.47 Å². The van der Waals surface area contributed by atoms with Crippen LogP contribution in [0.1, 0.15) is 24.6 Å². The van der Waals surface area contributed by atoms with Gasteiger partial charge >= 0.3 is 0 Å². The number of nitrogens with one attached hydrogen (secondary N) is 1. The van der Waals surface area contributed by atoms with Crippen LogP contribution in [0.15, 0.2) is 12.1 Å². The van der Waals surface area contributed by atoms with Crippen LogP contribution in [0.4, 0.5) is 0 Å². The third-order valence-electron chi connectivity index (χ3n) is 3.87. The number of ether oxygens (including phenoxy) is 2. The minimum Gasteiger partial charge on any atom is -0.381 e. The van der Waals surface area contributed by atoms with Crippen LogP contribution in [0.25, 0.3) is 0 Å². The highest BCUT2D eigenvalue weighted by atomic mass is 35.5. The molecule has 0 aliphatic carbocycles. The van der Waals surface area contributed by atoms with Crippen molar-refractivity contribution >= 4 is 22.9 Å². The summed E-state index contributed by atoms with van der Waals surface area (Å²) in [5, 5.41) is 3.58. The SMILES string of the molecule is CCNC(Cc1ccc(Cl)s1)C1(OC)CCOCC1. The lowest BCUT2D eigenvalue weighted by Crippen LogP contribution is -2.56. The predicted molar refractivity (Wildman–Crippen MR) is 80.3 cm³/mol. The first-order chi connectivity index (χ1) is 9.20. The molecular formula is C14H22ClNO2S. The fourth-order valence-electron chi connectivity index (χ4n) is 2.76. The zero-order valence-electron chi connectivity index (χ0n) is 11.6. The van der Waals surface area contributed by atoms with E-state index in [0.29, 0.717) is 6.04 Å². The minimum absolute atomic E-state index is 0.120. The molecular weight excluding hydrogens is 282 g/mol. The molecule has 1 atom stereocenters. The van der Waals surface area contributed by atoms with Crippen molar-refractivity contribution in [1.29, 1.82) is 0 Å². The van der Waals surface area contributed by atoms with Crippen LogP contribution in [-0.4, -0.2) is 38.5 Å². The average Bonchev–Trinajstić information content (AvgIpc) is 2.84. The van der Waals surface area contributed by atoms with Gasteiger partial charge in [-0.15, -0.1) is 11.3 Å². The summed E-state index contributed by atoms with van der Waals surface area (Å²) in [5.41, 5.74) is -0.120. The van der Waals surface area contributed by atoms with E-state index in [4.69, 9.17) is 21.1 Å². The number of halogens is 1. The summed E-state index contributed by atoms with van der Waals surface area (Å²) < 4.78 is 12.2. The second-order valence-electron chi connectivity index (χ2n) is 4.90. The second kappa shape index (κ2) is 7.04. The highest BCUT2D eigenvalue weighted by Gasteiger charge is 2.40. The molecule has 5 heteroatoms. The molecule has 108 valence electrons. The van der Waals surface area contributed by atoms with Crippen molar-refractivity contribution in [2.75, 3.05) is 26.9 Å². The molecule has 1 aromatic rings. The van der Waals surface area contributed by atoms with Crippen LogP contribution < -0.4 is 5.32 Å². The molecule has 0 amide bonds. The Labute approximate surface area is 124 Å². The Morgan fingerprint density at radius 2 is 2.21 bits per heavy atom. The smallest absolute Gasteiger partial charge is 0.0931 e. The van der Waals surface area contributed by atoms with E-state index in [9.17, 15) is 0 Å². The molecule has 0 spiro atoms. The third kappa shape index (κ3) is 3.70. The van der Waals surface area contributed by atoms with Gasteiger partial charge in [0.1, 0.15) is 0 Å². The van der Waals surface area contributed by atoms with Crippen molar-refractivity contribution in [2.45, 2.75) is 37.8 Å². The highest BCUT2D eigenvalue weighted by Crippen LogP contribution is 2.32. The van der Waals surface area contributed by atoms with Gasteiger partial charge in [-0.3, -0.25) is 0 Å². The summed E-state index contributed by atoms with van der Waals surface area (Å²) in [6, 6.07) is 4.38. The number of rotatable bonds is 6. The number of hydrogen-bond donors (Lipinski definition) is 1. The summed E-state index contributed by atoms with van der Waals surface area (Å²) in [4.78, 5) is 1.30. The lowest BCUT2D eigenvalue weighted by atomic mass is 9.83. The van der Waals surface area contributed by atoms with E-state index in [1.807, 2.05) is 13.2 Å². The van der Waals surface area contributed by atoms with Crippen molar-refractivity contribution in [3.8, 4) is 0 Å². The normalized spacial score (nSPS) is 20.4. The fourth-order valence-corrected chi connectivity index (χ4v) is 3.90. The average molecular weight is 304 g/mol. The van der Waals surface area contributed by atoms with Gasteiger partial charge in [0.05, 0.1) is 9.94 Å². The molecule has 0 saturated carbocycles. The van der Waals surface area contributed by atoms with E-state index in [-0.39, 0.29) is 5.60 Å². The Kier molecular flexibility index (Phi) is 5.66. The van der Waals surface area contributed by atoms with Crippen LogP contribution in [0.2, 0.25) is 4.34 Å². The quantitative estimate of drug-likeness (QED) is 0.876. The summed E-state index contributed by atoms with van der Waals surface area (Å²) in [6.07, 6.45) is 2.85. The number of methoxy groups -OCH3 is 1. The van der Waals surface area contributed by atoms with Gasteiger partial charge < -0.3 is 14.8 Å². The van der Waals surface area contributed by atoms with E-state index in [2.05, 4.69) is 18.3 Å². The van der Waals surface area contributed by atoms with Crippen LogP contribution in [0, 0.1) is 0 Å². The fraction of sp³-hybridized carbons (Fsp3) is 0.714. The maximum Gasteiger partial charge on any atom is 0.0931 e. The molecule has 2 heterocycles. The summed E-state index contributed by atoms with van der Waals surface area (Å²) in [6.45, 7) is 4.63. The van der Waals surface area contributed by atoms with Gasteiger partial charge in [0.15, 0.2) is 0 Å². The Morgan fingerprint density at radius 3 is 2.74 bits per heavy atom. The Balaban J connectivity index is 2.12. The van der Waals surface area contributed by atoms with Crippen LogP contribution in [-0.2, 0) is 15.9 Å². The van der Waals surface area contributed by atoms with Crippen molar-refractivity contribution in [3.63, 3.8) is 0 Å². The number of likely N-dealkylation sites (N-methyl/N-ethyl adjacent to an activating group) is 1. The van der Waals surface area contributed by atoms with E-state index in [0.717, 1.165) is 43.4 Å². The Morgan fingerprint density at radius 1 is 1.47 bits per heavy atom. The Hall–Kier alpha value is -0.130. The molecule has 1 fully saturated rings. The van der Waals surface area contributed by atoms with Crippen LogP contribution in [0.5, 0.6) is 0 Å². The van der Waals surface area contributed by atoms with E-state index >= 15 is 0 Å². The van der Waals surface area contributed by atoms with Gasteiger partial charge in [-0.05, 0) is 25.1 Å². The Bertz CT molecular complexity index is 391. The first-order valence-corrected chi connectivity index (χ1v) is 8.00. The molecule has 19 heavy (non-hydrogen) atoms. The largest absolute Gasteiger partial charge is 0.381 e. The van der Waals surface area contributed by atoms with E-state index in [1.54, 1.807) is 11.3 Å².